The van der Waals surface area contributed by atoms with E-state index in [1.54, 1.807) is 11.3 Å². The first-order valence-electron chi connectivity index (χ1n) is 5.24. The maximum absolute atomic E-state index is 4.64. The van der Waals surface area contributed by atoms with E-state index in [1.807, 2.05) is 24.1 Å². The Balaban J connectivity index is 1.82. The summed E-state index contributed by atoms with van der Waals surface area (Å²) in [5, 5.41) is 7.56. The van der Waals surface area contributed by atoms with Crippen LogP contribution in [0, 0.1) is 5.92 Å². The molecule has 78 valence electrons. The molecule has 0 N–H and O–H groups in total. The van der Waals surface area contributed by atoms with E-state index >= 15 is 0 Å². The average Bonchev–Trinajstić information content (AvgIpc) is 2.74. The highest BCUT2D eigenvalue weighted by Gasteiger charge is 2.23. The van der Waals surface area contributed by atoms with Crippen LogP contribution < -0.4 is 0 Å². The van der Waals surface area contributed by atoms with E-state index in [4.69, 9.17) is 0 Å². The Kier molecular flexibility index (Phi) is 2.09. The Hall–Kier alpha value is -1.16. The molecule has 0 radical (unpaired) electrons. The molecule has 0 atom stereocenters. The normalized spacial score (nSPS) is 15.8. The van der Waals surface area contributed by atoms with Gasteiger partial charge in [-0.15, -0.1) is 11.3 Å². The molecule has 0 amide bonds. The maximum Gasteiger partial charge on any atom is 0.0935 e. The maximum atomic E-state index is 4.64. The smallest absolute Gasteiger partial charge is 0.0935 e. The third-order valence-corrected chi connectivity index (χ3v) is 3.58. The first-order chi connectivity index (χ1) is 7.31. The molecule has 1 fully saturated rings. The van der Waals surface area contributed by atoms with Gasteiger partial charge in [-0.3, -0.25) is 4.68 Å². The highest BCUT2D eigenvalue weighted by Crippen LogP contribution is 2.34. The Morgan fingerprint density at radius 1 is 1.53 bits per heavy atom. The van der Waals surface area contributed by atoms with Crippen LogP contribution in [0.3, 0.4) is 0 Å². The fourth-order valence-corrected chi connectivity index (χ4v) is 2.58. The Bertz CT molecular complexity index is 468. The van der Waals surface area contributed by atoms with Crippen LogP contribution >= 0.6 is 11.3 Å². The van der Waals surface area contributed by atoms with Gasteiger partial charge in [-0.25, -0.2) is 4.98 Å². The quantitative estimate of drug-likeness (QED) is 0.794. The summed E-state index contributed by atoms with van der Waals surface area (Å²) >= 11 is 1.77. The predicted molar refractivity (Wildman–Crippen MR) is 60.7 cm³/mol. The van der Waals surface area contributed by atoms with Crippen LogP contribution in [-0.4, -0.2) is 14.8 Å². The lowest BCUT2D eigenvalue weighted by Gasteiger charge is -1.90. The first-order valence-corrected chi connectivity index (χ1v) is 6.12. The summed E-state index contributed by atoms with van der Waals surface area (Å²) in [4.78, 5) is 4.64. The molecule has 4 heteroatoms. The van der Waals surface area contributed by atoms with Crippen LogP contribution in [0.2, 0.25) is 0 Å². The van der Waals surface area contributed by atoms with E-state index in [-0.39, 0.29) is 0 Å². The lowest BCUT2D eigenvalue weighted by atomic mass is 10.3. The fourth-order valence-electron chi connectivity index (χ4n) is 1.66. The summed E-state index contributed by atoms with van der Waals surface area (Å²) < 4.78 is 1.81. The molecule has 0 unspecified atom stereocenters. The average molecular weight is 219 g/mol. The second kappa shape index (κ2) is 3.45. The van der Waals surface area contributed by atoms with Gasteiger partial charge in [-0.1, -0.05) is 0 Å². The fraction of sp³-hybridized carbons (Fsp3) is 0.455. The van der Waals surface area contributed by atoms with Crippen LogP contribution in [0.4, 0.5) is 0 Å². The molecule has 0 aliphatic heterocycles. The number of aryl methyl sites for hydroxylation is 1. The number of hydrogen-bond donors (Lipinski definition) is 0. The number of nitrogens with zero attached hydrogens (tertiary/aromatic N) is 3. The summed E-state index contributed by atoms with van der Waals surface area (Å²) in [6.45, 7) is 0. The van der Waals surface area contributed by atoms with Crippen LogP contribution in [0.15, 0.2) is 17.8 Å². The largest absolute Gasteiger partial charge is 0.275 e. The molecule has 2 aromatic rings. The van der Waals surface area contributed by atoms with Gasteiger partial charge in [0.25, 0.3) is 0 Å². The predicted octanol–water partition coefficient (Wildman–Crippen LogP) is 2.50. The minimum absolute atomic E-state index is 0.915. The standard InChI is InChI=1S/C11H13N3S/c1-14-6-9(5-12-14)10-7-15-11(13-10)4-8-2-3-8/h5-8H,2-4H2,1H3. The molecule has 1 aliphatic carbocycles. The van der Waals surface area contributed by atoms with Gasteiger partial charge in [0.1, 0.15) is 0 Å². The summed E-state index contributed by atoms with van der Waals surface area (Å²) in [5.41, 5.74) is 2.19. The minimum atomic E-state index is 0.915. The van der Waals surface area contributed by atoms with Crippen molar-refractivity contribution in [3.05, 3.63) is 22.8 Å². The van der Waals surface area contributed by atoms with Crippen molar-refractivity contribution < 1.29 is 0 Å². The van der Waals surface area contributed by atoms with Crippen LogP contribution in [-0.2, 0) is 13.5 Å². The van der Waals surface area contributed by atoms with Crippen LogP contribution in [0.25, 0.3) is 11.3 Å². The summed E-state index contributed by atoms with van der Waals surface area (Å²) in [6, 6.07) is 0. The molecular formula is C11H13N3S. The molecule has 15 heavy (non-hydrogen) atoms. The Morgan fingerprint density at radius 2 is 2.40 bits per heavy atom. The number of rotatable bonds is 3. The topological polar surface area (TPSA) is 30.7 Å². The van der Waals surface area contributed by atoms with Crippen molar-refractivity contribution in [2.45, 2.75) is 19.3 Å². The van der Waals surface area contributed by atoms with Gasteiger partial charge in [-0.05, 0) is 18.8 Å². The number of aromatic nitrogens is 3. The highest BCUT2D eigenvalue weighted by atomic mass is 32.1. The Morgan fingerprint density at radius 3 is 3.07 bits per heavy atom. The molecule has 1 saturated carbocycles. The van der Waals surface area contributed by atoms with E-state index in [0.717, 1.165) is 17.2 Å². The third-order valence-electron chi connectivity index (χ3n) is 2.71. The van der Waals surface area contributed by atoms with Gasteiger partial charge in [0.2, 0.25) is 0 Å². The van der Waals surface area contributed by atoms with Crippen molar-refractivity contribution in [3.63, 3.8) is 0 Å². The lowest BCUT2D eigenvalue weighted by molar-refractivity contribution is 0.768. The van der Waals surface area contributed by atoms with E-state index in [0.29, 0.717) is 0 Å². The monoisotopic (exact) mass is 219 g/mol. The zero-order chi connectivity index (χ0) is 10.3. The number of hydrogen-bond acceptors (Lipinski definition) is 3. The molecule has 2 heterocycles. The molecular weight excluding hydrogens is 206 g/mol. The van der Waals surface area contributed by atoms with Gasteiger partial charge in [0.05, 0.1) is 16.9 Å². The third kappa shape index (κ3) is 1.95. The minimum Gasteiger partial charge on any atom is -0.275 e. The van der Waals surface area contributed by atoms with E-state index in [9.17, 15) is 0 Å². The number of thiazole rings is 1. The van der Waals surface area contributed by atoms with Crippen molar-refractivity contribution in [1.29, 1.82) is 0 Å². The molecule has 3 rings (SSSR count). The second-order valence-electron chi connectivity index (χ2n) is 4.18. The molecule has 3 nitrogen and oxygen atoms in total. The van der Waals surface area contributed by atoms with Crippen molar-refractivity contribution in [3.8, 4) is 11.3 Å². The van der Waals surface area contributed by atoms with E-state index in [2.05, 4.69) is 15.5 Å². The van der Waals surface area contributed by atoms with E-state index < -0.39 is 0 Å². The summed E-state index contributed by atoms with van der Waals surface area (Å²) in [7, 11) is 1.93. The van der Waals surface area contributed by atoms with Crippen LogP contribution in [0.5, 0.6) is 0 Å². The first kappa shape index (κ1) is 9.09. The zero-order valence-corrected chi connectivity index (χ0v) is 9.50. The van der Waals surface area contributed by atoms with Gasteiger partial charge < -0.3 is 0 Å². The Labute approximate surface area is 92.8 Å². The van der Waals surface area contributed by atoms with Gasteiger partial charge in [0.15, 0.2) is 0 Å². The van der Waals surface area contributed by atoms with Crippen molar-refractivity contribution in [1.82, 2.24) is 14.8 Å². The summed E-state index contributed by atoms with van der Waals surface area (Å²) in [6.07, 6.45) is 7.83. The molecule has 0 spiro atoms. The van der Waals surface area contributed by atoms with Gasteiger partial charge in [0, 0.05) is 30.6 Å². The van der Waals surface area contributed by atoms with Crippen LogP contribution in [0.1, 0.15) is 17.8 Å². The molecule has 0 aromatic carbocycles. The van der Waals surface area contributed by atoms with Gasteiger partial charge in [-0.2, -0.15) is 5.10 Å². The van der Waals surface area contributed by atoms with Gasteiger partial charge >= 0.3 is 0 Å². The molecule has 0 bridgehead atoms. The van der Waals surface area contributed by atoms with Crippen molar-refractivity contribution in [2.75, 3.05) is 0 Å². The molecule has 0 saturated heterocycles. The summed E-state index contributed by atoms with van der Waals surface area (Å²) in [5.74, 6) is 0.915. The van der Waals surface area contributed by atoms with Crippen molar-refractivity contribution in [2.24, 2.45) is 13.0 Å². The lowest BCUT2D eigenvalue weighted by Crippen LogP contribution is -1.85. The SMILES string of the molecule is Cn1cc(-c2csc(CC3CC3)n2)cn1. The zero-order valence-electron chi connectivity index (χ0n) is 8.68. The van der Waals surface area contributed by atoms with Crippen molar-refractivity contribution >= 4 is 11.3 Å². The van der Waals surface area contributed by atoms with E-state index in [1.165, 1.54) is 24.3 Å². The molecule has 1 aliphatic rings. The highest BCUT2D eigenvalue weighted by molar-refractivity contribution is 7.09. The second-order valence-corrected chi connectivity index (χ2v) is 5.12. The molecule has 2 aromatic heterocycles.